The molecule has 21 heavy (non-hydrogen) atoms. The predicted molar refractivity (Wildman–Crippen MR) is 93.4 cm³/mol. The van der Waals surface area contributed by atoms with Crippen molar-refractivity contribution in [1.82, 2.24) is 10.3 Å². The minimum Gasteiger partial charge on any atom is -0.351 e. The highest BCUT2D eigenvalue weighted by Gasteiger charge is 2.34. The Kier molecular flexibility index (Phi) is 6.06. The Morgan fingerprint density at radius 1 is 1.43 bits per heavy atom. The first-order valence-electron chi connectivity index (χ1n) is 8.48. The summed E-state index contributed by atoms with van der Waals surface area (Å²) in [5.74, 6) is 2.35. The highest BCUT2D eigenvalue weighted by atomic mass is 32.1. The van der Waals surface area contributed by atoms with Gasteiger partial charge in [0.2, 0.25) is 0 Å². The summed E-state index contributed by atoms with van der Waals surface area (Å²) in [6.45, 7) is 12.3. The molecule has 2 rings (SSSR count). The molecule has 0 bridgehead atoms. The molecule has 0 aromatic carbocycles. The molecule has 0 aliphatic heterocycles. The zero-order chi connectivity index (χ0) is 15.4. The van der Waals surface area contributed by atoms with E-state index in [2.05, 4.69) is 45.0 Å². The van der Waals surface area contributed by atoms with Gasteiger partial charge in [-0.25, -0.2) is 4.98 Å². The Morgan fingerprint density at radius 2 is 2.14 bits per heavy atom. The van der Waals surface area contributed by atoms with Gasteiger partial charge < -0.3 is 10.2 Å². The van der Waals surface area contributed by atoms with Gasteiger partial charge in [-0.15, -0.1) is 11.3 Å². The third kappa shape index (κ3) is 4.43. The van der Waals surface area contributed by atoms with Crippen molar-refractivity contribution in [2.45, 2.75) is 59.4 Å². The van der Waals surface area contributed by atoms with Crippen LogP contribution >= 0.6 is 11.3 Å². The summed E-state index contributed by atoms with van der Waals surface area (Å²) in [6, 6.07) is 0. The van der Waals surface area contributed by atoms with Gasteiger partial charge in [0.25, 0.3) is 0 Å². The van der Waals surface area contributed by atoms with Gasteiger partial charge in [0, 0.05) is 25.0 Å². The van der Waals surface area contributed by atoms with E-state index in [1.807, 2.05) is 11.3 Å². The number of thiazole rings is 1. The number of anilines is 1. The molecule has 3 nitrogen and oxygen atoms in total. The lowest BCUT2D eigenvalue weighted by Crippen LogP contribution is -2.20. The van der Waals surface area contributed by atoms with Crippen molar-refractivity contribution < 1.29 is 0 Å². The summed E-state index contributed by atoms with van der Waals surface area (Å²) in [5, 5.41) is 4.74. The summed E-state index contributed by atoms with van der Waals surface area (Å²) in [7, 11) is 2.20. The molecule has 1 aromatic rings. The number of hydrogen-bond donors (Lipinski definition) is 1. The number of rotatable bonds is 9. The molecule has 1 aliphatic carbocycles. The molecule has 1 fully saturated rings. The number of nitrogens with zero attached hydrogens (tertiary/aromatic N) is 2. The van der Waals surface area contributed by atoms with E-state index < -0.39 is 0 Å². The quantitative estimate of drug-likeness (QED) is 0.691. The van der Waals surface area contributed by atoms with Gasteiger partial charge in [-0.05, 0) is 43.6 Å². The number of hydrogen-bond acceptors (Lipinski definition) is 4. The normalized spacial score (nSPS) is 22.3. The van der Waals surface area contributed by atoms with Crippen LogP contribution in [0.1, 0.15) is 63.4 Å². The molecular weight excluding hydrogens is 278 g/mol. The Labute approximate surface area is 134 Å². The van der Waals surface area contributed by atoms with Crippen molar-refractivity contribution >= 4 is 16.5 Å². The fourth-order valence-electron chi connectivity index (χ4n) is 2.68. The minimum absolute atomic E-state index is 0.557. The van der Waals surface area contributed by atoms with Gasteiger partial charge in [0.15, 0.2) is 5.13 Å². The molecule has 0 spiro atoms. The topological polar surface area (TPSA) is 28.2 Å². The van der Waals surface area contributed by atoms with Crippen LogP contribution in [0.5, 0.6) is 0 Å². The first-order valence-corrected chi connectivity index (χ1v) is 9.29. The zero-order valence-corrected chi connectivity index (χ0v) is 15.1. The molecule has 1 aliphatic rings. The Morgan fingerprint density at radius 3 is 2.71 bits per heavy atom. The largest absolute Gasteiger partial charge is 0.351 e. The maximum atomic E-state index is 4.97. The van der Waals surface area contributed by atoms with Crippen molar-refractivity contribution in [1.29, 1.82) is 0 Å². The van der Waals surface area contributed by atoms with Gasteiger partial charge in [-0.3, -0.25) is 0 Å². The standard InChI is InChI=1S/C17H31N3S/c1-6-8-18-10-15-16(12(3)7-2)19-17(21-15)20(5)11-14-9-13(14)4/h12-14,18H,6-11H2,1-5H3. The van der Waals surface area contributed by atoms with E-state index >= 15 is 0 Å². The Bertz CT molecular complexity index is 443. The van der Waals surface area contributed by atoms with Crippen LogP contribution in [-0.4, -0.2) is 25.1 Å². The maximum absolute atomic E-state index is 4.97. The highest BCUT2D eigenvalue weighted by Crippen LogP contribution is 2.40. The highest BCUT2D eigenvalue weighted by molar-refractivity contribution is 7.15. The predicted octanol–water partition coefficient (Wildman–Crippen LogP) is 4.25. The van der Waals surface area contributed by atoms with E-state index in [0.717, 1.165) is 37.9 Å². The summed E-state index contributed by atoms with van der Waals surface area (Å²) < 4.78 is 0. The van der Waals surface area contributed by atoms with Crippen molar-refractivity contribution in [2.75, 3.05) is 25.0 Å². The van der Waals surface area contributed by atoms with Gasteiger partial charge >= 0.3 is 0 Å². The Balaban J connectivity index is 2.06. The van der Waals surface area contributed by atoms with E-state index in [1.54, 1.807) is 0 Å². The lowest BCUT2D eigenvalue weighted by Gasteiger charge is -2.15. The fraction of sp³-hybridized carbons (Fsp3) is 0.824. The molecule has 120 valence electrons. The monoisotopic (exact) mass is 309 g/mol. The summed E-state index contributed by atoms with van der Waals surface area (Å²) in [6.07, 6.45) is 3.73. The molecule has 1 heterocycles. The van der Waals surface area contributed by atoms with E-state index in [0.29, 0.717) is 5.92 Å². The maximum Gasteiger partial charge on any atom is 0.185 e. The average molecular weight is 310 g/mol. The first kappa shape index (κ1) is 16.8. The van der Waals surface area contributed by atoms with Crippen LogP contribution in [0.4, 0.5) is 5.13 Å². The van der Waals surface area contributed by atoms with Crippen molar-refractivity contribution in [3.8, 4) is 0 Å². The van der Waals surface area contributed by atoms with Crippen LogP contribution in [0.25, 0.3) is 0 Å². The summed E-state index contributed by atoms with van der Waals surface area (Å²) in [5.41, 5.74) is 1.32. The van der Waals surface area contributed by atoms with Crippen LogP contribution in [-0.2, 0) is 6.54 Å². The zero-order valence-electron chi connectivity index (χ0n) is 14.3. The third-order valence-corrected chi connectivity index (χ3v) is 5.80. The van der Waals surface area contributed by atoms with Crippen LogP contribution in [0, 0.1) is 11.8 Å². The average Bonchev–Trinajstić information content (AvgIpc) is 3.00. The van der Waals surface area contributed by atoms with Gasteiger partial charge in [0.1, 0.15) is 0 Å². The minimum atomic E-state index is 0.557. The SMILES string of the molecule is CCCNCc1sc(N(C)CC2CC2C)nc1C(C)CC. The first-order chi connectivity index (χ1) is 10.1. The molecule has 1 N–H and O–H groups in total. The smallest absolute Gasteiger partial charge is 0.185 e. The second-order valence-corrected chi connectivity index (χ2v) is 7.71. The fourth-order valence-corrected chi connectivity index (χ4v) is 3.80. The van der Waals surface area contributed by atoms with Crippen molar-refractivity contribution in [2.24, 2.45) is 11.8 Å². The van der Waals surface area contributed by atoms with Gasteiger partial charge in [0.05, 0.1) is 5.69 Å². The number of nitrogens with one attached hydrogen (secondary N) is 1. The molecule has 0 amide bonds. The molecule has 1 aromatic heterocycles. The van der Waals surface area contributed by atoms with Crippen molar-refractivity contribution in [3.63, 3.8) is 0 Å². The molecule has 4 heteroatoms. The van der Waals surface area contributed by atoms with E-state index in [4.69, 9.17) is 4.98 Å². The molecule has 0 saturated heterocycles. The van der Waals surface area contributed by atoms with E-state index in [9.17, 15) is 0 Å². The second kappa shape index (κ2) is 7.59. The molecule has 1 saturated carbocycles. The van der Waals surface area contributed by atoms with Crippen LogP contribution in [0.15, 0.2) is 0 Å². The third-order valence-electron chi connectivity index (χ3n) is 4.62. The molecular formula is C17H31N3S. The van der Waals surface area contributed by atoms with Crippen LogP contribution in [0.3, 0.4) is 0 Å². The number of aromatic nitrogens is 1. The van der Waals surface area contributed by atoms with Gasteiger partial charge in [-0.2, -0.15) is 0 Å². The Hall–Kier alpha value is -0.610. The van der Waals surface area contributed by atoms with E-state index in [-0.39, 0.29) is 0 Å². The van der Waals surface area contributed by atoms with Crippen LogP contribution < -0.4 is 10.2 Å². The van der Waals surface area contributed by atoms with Gasteiger partial charge in [-0.1, -0.05) is 27.7 Å². The van der Waals surface area contributed by atoms with E-state index in [1.165, 1.54) is 28.5 Å². The second-order valence-electron chi connectivity index (χ2n) is 6.64. The summed E-state index contributed by atoms with van der Waals surface area (Å²) >= 11 is 1.89. The van der Waals surface area contributed by atoms with Crippen LogP contribution in [0.2, 0.25) is 0 Å². The lowest BCUT2D eigenvalue weighted by atomic mass is 10.0. The molecule has 3 atom stereocenters. The summed E-state index contributed by atoms with van der Waals surface area (Å²) in [4.78, 5) is 8.77. The van der Waals surface area contributed by atoms with Crippen molar-refractivity contribution in [3.05, 3.63) is 10.6 Å². The molecule has 0 radical (unpaired) electrons. The lowest BCUT2D eigenvalue weighted by molar-refractivity contribution is 0.654. The molecule has 3 unspecified atom stereocenters.